The third-order valence-corrected chi connectivity index (χ3v) is 9.65. The number of aryl methyl sites for hydroxylation is 1. The van der Waals surface area contributed by atoms with Crippen LogP contribution >= 0.6 is 11.6 Å². The van der Waals surface area contributed by atoms with E-state index in [-0.39, 0.29) is 29.4 Å². The van der Waals surface area contributed by atoms with Crippen LogP contribution in [0.1, 0.15) is 73.6 Å². The lowest BCUT2D eigenvalue weighted by Crippen LogP contribution is -2.47. The average molecular weight is 655 g/mol. The van der Waals surface area contributed by atoms with Crippen LogP contribution in [0, 0.1) is 12.8 Å². The lowest BCUT2D eigenvalue weighted by Gasteiger charge is -2.39. The first-order valence-corrected chi connectivity index (χ1v) is 16.6. The van der Waals surface area contributed by atoms with E-state index in [2.05, 4.69) is 37.5 Å². The molecule has 2 saturated heterocycles. The number of carbonyl (C=O) groups excluding carboxylic acids is 2. The monoisotopic (exact) mass is 654 g/mol. The Morgan fingerprint density at radius 3 is 2.36 bits per heavy atom. The molecule has 0 aliphatic carbocycles. The fourth-order valence-electron chi connectivity index (χ4n) is 6.94. The standard InChI is InChI=1S/C37H43ClN6O3/c1-22-9-11-26(12-10-22)44-34(21-33(42-44)37(2,3)4)41-36(46)40-25-8-6-7-23(16-25)15-24-17-27-13-14-28(18-24)43(27)35(45)29-19-30(38)31(39)20-32(29)47-5/h6-12,16,19-21,24,27-28H,13-15,17-18,39H2,1-5H3,(H2,40,41,46). The molecule has 3 heterocycles. The van der Waals surface area contributed by atoms with Crippen LogP contribution in [-0.4, -0.2) is 45.8 Å². The van der Waals surface area contributed by atoms with Crippen LogP contribution in [0.15, 0.2) is 66.7 Å². The first-order chi connectivity index (χ1) is 22.4. The molecule has 4 N–H and O–H groups in total. The molecule has 0 spiro atoms. The molecule has 2 bridgehead atoms. The number of amides is 3. The van der Waals surface area contributed by atoms with Crippen LogP contribution in [0.2, 0.25) is 5.02 Å². The number of benzene rings is 3. The number of ether oxygens (including phenoxy) is 1. The highest BCUT2D eigenvalue weighted by Gasteiger charge is 2.44. The molecule has 10 heteroatoms. The second-order valence-electron chi connectivity index (χ2n) is 13.9. The van der Waals surface area contributed by atoms with Crippen molar-refractivity contribution < 1.29 is 14.3 Å². The molecule has 9 nitrogen and oxygen atoms in total. The number of piperidine rings is 1. The van der Waals surface area contributed by atoms with Gasteiger partial charge in [0, 0.05) is 35.3 Å². The van der Waals surface area contributed by atoms with Crippen LogP contribution in [0.4, 0.5) is 22.0 Å². The molecule has 2 atom stereocenters. The first kappa shape index (κ1) is 32.4. The molecule has 1 aromatic heterocycles. The summed E-state index contributed by atoms with van der Waals surface area (Å²) in [5.74, 6) is 1.42. The van der Waals surface area contributed by atoms with Crippen LogP contribution in [-0.2, 0) is 11.8 Å². The van der Waals surface area contributed by atoms with Crippen molar-refractivity contribution in [1.82, 2.24) is 14.7 Å². The van der Waals surface area contributed by atoms with Gasteiger partial charge in [-0.15, -0.1) is 0 Å². The minimum Gasteiger partial charge on any atom is -0.496 e. The Balaban J connectivity index is 1.11. The highest BCUT2D eigenvalue weighted by molar-refractivity contribution is 6.33. The third kappa shape index (κ3) is 6.95. The van der Waals surface area contributed by atoms with Gasteiger partial charge in [0.05, 0.1) is 34.8 Å². The lowest BCUT2D eigenvalue weighted by atomic mass is 9.85. The van der Waals surface area contributed by atoms with E-state index in [1.165, 1.54) is 7.11 Å². The number of hydrogen-bond donors (Lipinski definition) is 3. The fourth-order valence-corrected chi connectivity index (χ4v) is 7.10. The van der Waals surface area contributed by atoms with E-state index >= 15 is 0 Å². The molecule has 246 valence electrons. The normalized spacial score (nSPS) is 19.0. The van der Waals surface area contributed by atoms with Crippen molar-refractivity contribution in [1.29, 1.82) is 0 Å². The van der Waals surface area contributed by atoms with Gasteiger partial charge in [-0.25, -0.2) is 9.48 Å². The number of nitrogens with zero attached hydrogens (tertiary/aromatic N) is 3. The number of halogens is 1. The summed E-state index contributed by atoms with van der Waals surface area (Å²) < 4.78 is 7.25. The van der Waals surface area contributed by atoms with Crippen LogP contribution in [0.3, 0.4) is 0 Å². The molecule has 2 aliphatic rings. The van der Waals surface area contributed by atoms with E-state index < -0.39 is 0 Å². The van der Waals surface area contributed by atoms with Gasteiger partial charge in [-0.1, -0.05) is 62.2 Å². The third-order valence-electron chi connectivity index (χ3n) is 9.32. The van der Waals surface area contributed by atoms with Gasteiger partial charge in [-0.3, -0.25) is 10.1 Å². The smallest absolute Gasteiger partial charge is 0.324 e. The van der Waals surface area contributed by atoms with E-state index in [0.717, 1.165) is 60.3 Å². The Kier molecular flexibility index (Phi) is 8.94. The molecular weight excluding hydrogens is 612 g/mol. The Hall–Kier alpha value is -4.50. The molecule has 3 amide bonds. The second-order valence-corrected chi connectivity index (χ2v) is 14.3. The Labute approximate surface area is 281 Å². The SMILES string of the molecule is COc1cc(N)c(Cl)cc1C(=O)N1C2CCC1CC(Cc1cccc(NC(=O)Nc3cc(C(C)(C)C)nn3-c3ccc(C)cc3)c1)C2. The number of urea groups is 1. The van der Waals surface area contributed by atoms with Gasteiger partial charge in [0.2, 0.25) is 0 Å². The topological polar surface area (TPSA) is 115 Å². The number of nitrogens with two attached hydrogens (primary N) is 1. The fraction of sp³-hybridized carbons (Fsp3) is 0.378. The number of methoxy groups -OCH3 is 1. The van der Waals surface area contributed by atoms with Gasteiger partial charge < -0.3 is 20.7 Å². The summed E-state index contributed by atoms with van der Waals surface area (Å²) in [7, 11) is 1.54. The zero-order valence-corrected chi connectivity index (χ0v) is 28.4. The molecule has 2 aliphatic heterocycles. The van der Waals surface area contributed by atoms with Crippen molar-refractivity contribution in [2.75, 3.05) is 23.5 Å². The van der Waals surface area contributed by atoms with Gasteiger partial charge in [0.1, 0.15) is 11.6 Å². The number of nitrogens with one attached hydrogen (secondary N) is 2. The van der Waals surface area contributed by atoms with Gasteiger partial charge >= 0.3 is 6.03 Å². The van der Waals surface area contributed by atoms with Crippen molar-refractivity contribution in [2.24, 2.45) is 5.92 Å². The number of nitrogen functional groups attached to an aromatic ring is 1. The average Bonchev–Trinajstić information content (AvgIpc) is 3.56. The van der Waals surface area contributed by atoms with E-state index in [1.807, 2.05) is 60.4 Å². The van der Waals surface area contributed by atoms with Gasteiger partial charge in [-0.2, -0.15) is 5.10 Å². The van der Waals surface area contributed by atoms with Crippen LogP contribution in [0.25, 0.3) is 5.69 Å². The summed E-state index contributed by atoms with van der Waals surface area (Å²) in [6.45, 7) is 8.35. The van der Waals surface area contributed by atoms with Crippen molar-refractivity contribution in [3.63, 3.8) is 0 Å². The van der Waals surface area contributed by atoms with E-state index in [1.54, 1.807) is 16.8 Å². The number of aromatic nitrogens is 2. The maximum Gasteiger partial charge on any atom is 0.324 e. The maximum atomic E-state index is 13.7. The second kappa shape index (κ2) is 13.0. The predicted octanol–water partition coefficient (Wildman–Crippen LogP) is 7.99. The minimum absolute atomic E-state index is 0.0507. The summed E-state index contributed by atoms with van der Waals surface area (Å²) in [6.07, 6.45) is 4.68. The largest absolute Gasteiger partial charge is 0.496 e. The first-order valence-electron chi connectivity index (χ1n) is 16.2. The molecule has 2 unspecified atom stereocenters. The highest BCUT2D eigenvalue weighted by Crippen LogP contribution is 2.42. The Bertz CT molecular complexity index is 1780. The number of carbonyl (C=O) groups is 2. The minimum atomic E-state index is -0.334. The molecule has 0 radical (unpaired) electrons. The van der Waals surface area contributed by atoms with Gasteiger partial charge in [-0.05, 0) is 80.8 Å². The molecule has 0 saturated carbocycles. The molecule has 4 aromatic rings. The molecular formula is C37H43ClN6O3. The van der Waals surface area contributed by atoms with Crippen molar-refractivity contribution in [3.8, 4) is 11.4 Å². The molecule has 3 aromatic carbocycles. The quantitative estimate of drug-likeness (QED) is 0.175. The molecule has 2 fully saturated rings. The maximum absolute atomic E-state index is 13.7. The molecule has 47 heavy (non-hydrogen) atoms. The highest BCUT2D eigenvalue weighted by atomic mass is 35.5. The van der Waals surface area contributed by atoms with Gasteiger partial charge in [0.25, 0.3) is 5.91 Å². The number of rotatable bonds is 7. The summed E-state index contributed by atoms with van der Waals surface area (Å²) in [4.78, 5) is 29.0. The Morgan fingerprint density at radius 2 is 1.70 bits per heavy atom. The lowest BCUT2D eigenvalue weighted by molar-refractivity contribution is 0.0521. The number of anilines is 3. The van der Waals surface area contributed by atoms with E-state index in [9.17, 15) is 9.59 Å². The van der Waals surface area contributed by atoms with Crippen LogP contribution < -0.4 is 21.1 Å². The van der Waals surface area contributed by atoms with Crippen LogP contribution in [0.5, 0.6) is 5.75 Å². The number of hydrogen-bond acceptors (Lipinski definition) is 5. The summed E-state index contributed by atoms with van der Waals surface area (Å²) in [6, 6.07) is 21.2. The zero-order chi connectivity index (χ0) is 33.5. The summed E-state index contributed by atoms with van der Waals surface area (Å²) >= 11 is 6.28. The summed E-state index contributed by atoms with van der Waals surface area (Å²) in [5, 5.41) is 11.2. The predicted molar refractivity (Wildman–Crippen MR) is 188 cm³/mol. The Morgan fingerprint density at radius 1 is 1.00 bits per heavy atom. The van der Waals surface area contributed by atoms with Gasteiger partial charge in [0.15, 0.2) is 0 Å². The van der Waals surface area contributed by atoms with Crippen molar-refractivity contribution in [2.45, 2.75) is 77.3 Å². The van der Waals surface area contributed by atoms with E-state index in [4.69, 9.17) is 27.2 Å². The number of fused-ring (bicyclic) bond motifs is 2. The van der Waals surface area contributed by atoms with Crippen molar-refractivity contribution in [3.05, 3.63) is 94.1 Å². The summed E-state index contributed by atoms with van der Waals surface area (Å²) in [5.41, 5.74) is 11.4. The zero-order valence-electron chi connectivity index (χ0n) is 27.6. The molecule has 6 rings (SSSR count). The van der Waals surface area contributed by atoms with E-state index in [0.29, 0.717) is 33.8 Å². The van der Waals surface area contributed by atoms with Crippen molar-refractivity contribution >= 4 is 40.7 Å².